The zero-order valence-electron chi connectivity index (χ0n) is 14.5. The van der Waals surface area contributed by atoms with Crippen molar-refractivity contribution in [2.45, 2.75) is 17.5 Å². The number of nitrogens with one attached hydrogen (secondary N) is 2. The molecule has 28 heavy (non-hydrogen) atoms. The van der Waals surface area contributed by atoms with Gasteiger partial charge in [0.1, 0.15) is 6.54 Å². The molecule has 0 saturated carbocycles. The Morgan fingerprint density at radius 2 is 1.71 bits per heavy atom. The van der Waals surface area contributed by atoms with Gasteiger partial charge in [-0.1, -0.05) is 30.3 Å². The van der Waals surface area contributed by atoms with Gasteiger partial charge in [0.2, 0.25) is 10.0 Å². The summed E-state index contributed by atoms with van der Waals surface area (Å²) >= 11 is 0. The Morgan fingerprint density at radius 3 is 2.39 bits per heavy atom. The Kier molecular flexibility index (Phi) is 6.97. The number of carbonyl (C=O) groups excluding carboxylic acids is 2. The third-order valence-corrected chi connectivity index (χ3v) is 4.96. The van der Waals surface area contributed by atoms with Crippen molar-refractivity contribution in [3.63, 3.8) is 0 Å². The zero-order valence-corrected chi connectivity index (χ0v) is 15.3. The van der Waals surface area contributed by atoms with Crippen LogP contribution in [0, 0.1) is 0 Å². The smallest absolute Gasteiger partial charge is 0.405 e. The SMILES string of the molecule is O=C(COC(=O)CCNS(=O)(=O)c1ccc2ccccc2c1)NCC(F)(F)F. The molecule has 2 rings (SSSR count). The van der Waals surface area contributed by atoms with E-state index in [4.69, 9.17) is 0 Å². The Morgan fingerprint density at radius 1 is 1.04 bits per heavy atom. The molecule has 7 nitrogen and oxygen atoms in total. The van der Waals surface area contributed by atoms with E-state index in [1.54, 1.807) is 23.5 Å². The van der Waals surface area contributed by atoms with Crippen LogP contribution in [0.1, 0.15) is 6.42 Å². The van der Waals surface area contributed by atoms with E-state index in [1.165, 1.54) is 12.1 Å². The van der Waals surface area contributed by atoms with E-state index in [9.17, 15) is 31.2 Å². The first-order chi connectivity index (χ1) is 13.1. The molecule has 0 fully saturated rings. The van der Waals surface area contributed by atoms with Gasteiger partial charge < -0.3 is 10.1 Å². The average Bonchev–Trinajstić information content (AvgIpc) is 2.63. The normalized spacial score (nSPS) is 12.0. The summed E-state index contributed by atoms with van der Waals surface area (Å²) in [7, 11) is -3.87. The Balaban J connectivity index is 1.79. The molecule has 2 aromatic rings. The standard InChI is InChI=1S/C17H17F3N2O5S/c18-17(19,20)11-21-15(23)10-27-16(24)7-8-22-28(25,26)14-6-5-12-3-1-2-4-13(12)9-14/h1-6,9,22H,7-8,10-11H2,(H,21,23). The minimum absolute atomic E-state index is 0.0195. The molecule has 0 saturated heterocycles. The highest BCUT2D eigenvalue weighted by Crippen LogP contribution is 2.18. The van der Waals surface area contributed by atoms with Gasteiger partial charge in [-0.05, 0) is 22.9 Å². The number of carbonyl (C=O) groups is 2. The summed E-state index contributed by atoms with van der Waals surface area (Å²) in [6, 6.07) is 11.7. The fourth-order valence-electron chi connectivity index (χ4n) is 2.17. The summed E-state index contributed by atoms with van der Waals surface area (Å²) in [4.78, 5) is 22.6. The van der Waals surface area contributed by atoms with Crippen LogP contribution < -0.4 is 10.0 Å². The van der Waals surface area contributed by atoms with Crippen LogP contribution in [-0.4, -0.2) is 46.2 Å². The highest BCUT2D eigenvalue weighted by atomic mass is 32.2. The van der Waals surface area contributed by atoms with Crippen molar-refractivity contribution >= 4 is 32.7 Å². The molecule has 152 valence electrons. The first-order valence-electron chi connectivity index (χ1n) is 8.04. The van der Waals surface area contributed by atoms with Crippen LogP contribution in [0.25, 0.3) is 10.8 Å². The summed E-state index contributed by atoms with van der Waals surface area (Å²) < 4.78 is 67.1. The molecule has 0 spiro atoms. The number of hydrogen-bond acceptors (Lipinski definition) is 5. The number of esters is 1. The summed E-state index contributed by atoms with van der Waals surface area (Å²) in [6.07, 6.45) is -4.96. The summed E-state index contributed by atoms with van der Waals surface area (Å²) in [5, 5.41) is 3.14. The van der Waals surface area contributed by atoms with Gasteiger partial charge in [0, 0.05) is 6.54 Å². The van der Waals surface area contributed by atoms with E-state index in [0.29, 0.717) is 0 Å². The number of alkyl halides is 3. The van der Waals surface area contributed by atoms with Gasteiger partial charge in [0.05, 0.1) is 11.3 Å². The van der Waals surface area contributed by atoms with E-state index >= 15 is 0 Å². The lowest BCUT2D eigenvalue weighted by atomic mass is 10.1. The van der Waals surface area contributed by atoms with Gasteiger partial charge >= 0.3 is 12.1 Å². The van der Waals surface area contributed by atoms with Crippen molar-refractivity contribution in [2.75, 3.05) is 19.7 Å². The van der Waals surface area contributed by atoms with Crippen LogP contribution in [0.5, 0.6) is 0 Å². The second-order valence-corrected chi connectivity index (χ2v) is 7.48. The lowest BCUT2D eigenvalue weighted by Gasteiger charge is -2.09. The predicted octanol–water partition coefficient (Wildman–Crippen LogP) is 1.73. The van der Waals surface area contributed by atoms with Crippen LogP contribution in [0.4, 0.5) is 13.2 Å². The first kappa shape index (κ1) is 21.6. The number of rotatable bonds is 8. The molecule has 0 aromatic heterocycles. The molecule has 0 bridgehead atoms. The molecule has 0 atom stereocenters. The van der Waals surface area contributed by atoms with Gasteiger partial charge in [-0.3, -0.25) is 9.59 Å². The maximum atomic E-state index is 12.3. The third-order valence-electron chi connectivity index (χ3n) is 3.50. The van der Waals surface area contributed by atoms with Crippen LogP contribution in [0.15, 0.2) is 47.4 Å². The summed E-state index contributed by atoms with van der Waals surface area (Å²) in [5.74, 6) is -2.04. The fourth-order valence-corrected chi connectivity index (χ4v) is 3.24. The topological polar surface area (TPSA) is 102 Å². The van der Waals surface area contributed by atoms with E-state index in [2.05, 4.69) is 9.46 Å². The maximum Gasteiger partial charge on any atom is 0.405 e. The van der Waals surface area contributed by atoms with Crippen LogP contribution in [-0.2, 0) is 24.3 Å². The Hall–Kier alpha value is -2.66. The Bertz CT molecular complexity index is 961. The molecule has 0 aliphatic heterocycles. The average molecular weight is 418 g/mol. The van der Waals surface area contributed by atoms with Crippen molar-refractivity contribution in [1.29, 1.82) is 0 Å². The zero-order chi connectivity index (χ0) is 20.8. The molecule has 2 aromatic carbocycles. The van der Waals surface area contributed by atoms with Gasteiger partial charge in [-0.2, -0.15) is 13.2 Å². The number of ether oxygens (including phenoxy) is 1. The monoisotopic (exact) mass is 418 g/mol. The molecule has 0 aliphatic carbocycles. The van der Waals surface area contributed by atoms with Crippen molar-refractivity contribution in [2.24, 2.45) is 0 Å². The number of halogens is 3. The molecule has 1 amide bonds. The van der Waals surface area contributed by atoms with Gasteiger partial charge in [-0.15, -0.1) is 0 Å². The molecular formula is C17H17F3N2O5S. The quantitative estimate of drug-likeness (QED) is 0.636. The lowest BCUT2D eigenvalue weighted by molar-refractivity contribution is -0.151. The van der Waals surface area contributed by atoms with Gasteiger partial charge in [-0.25, -0.2) is 13.1 Å². The second kappa shape index (κ2) is 9.02. The van der Waals surface area contributed by atoms with Gasteiger partial charge in [0.15, 0.2) is 6.61 Å². The molecular weight excluding hydrogens is 401 g/mol. The number of sulfonamides is 1. The lowest BCUT2D eigenvalue weighted by Crippen LogP contribution is -2.36. The van der Waals surface area contributed by atoms with Crippen LogP contribution >= 0.6 is 0 Å². The minimum Gasteiger partial charge on any atom is -0.456 e. The van der Waals surface area contributed by atoms with E-state index in [0.717, 1.165) is 10.8 Å². The summed E-state index contributed by atoms with van der Waals surface area (Å²) in [6.45, 7) is -2.71. The van der Waals surface area contributed by atoms with E-state index in [1.807, 2.05) is 12.1 Å². The minimum atomic E-state index is -4.57. The number of fused-ring (bicyclic) bond motifs is 1. The molecule has 0 unspecified atom stereocenters. The molecule has 11 heteroatoms. The largest absolute Gasteiger partial charge is 0.456 e. The molecule has 2 N–H and O–H groups in total. The third kappa shape index (κ3) is 6.82. The van der Waals surface area contributed by atoms with E-state index < -0.39 is 41.2 Å². The molecule has 0 radical (unpaired) electrons. The fraction of sp³-hybridized carbons (Fsp3) is 0.294. The summed E-state index contributed by atoms with van der Waals surface area (Å²) in [5.41, 5.74) is 0. The first-order valence-corrected chi connectivity index (χ1v) is 9.53. The highest BCUT2D eigenvalue weighted by Gasteiger charge is 2.27. The van der Waals surface area contributed by atoms with Crippen LogP contribution in [0.2, 0.25) is 0 Å². The number of amides is 1. The molecule has 0 heterocycles. The van der Waals surface area contributed by atoms with Crippen LogP contribution in [0.3, 0.4) is 0 Å². The van der Waals surface area contributed by atoms with Crippen molar-refractivity contribution in [3.05, 3.63) is 42.5 Å². The highest BCUT2D eigenvalue weighted by molar-refractivity contribution is 7.89. The number of benzene rings is 2. The number of hydrogen-bond donors (Lipinski definition) is 2. The molecule has 0 aliphatic rings. The van der Waals surface area contributed by atoms with Crippen molar-refractivity contribution < 1.29 is 35.9 Å². The van der Waals surface area contributed by atoms with Gasteiger partial charge in [0.25, 0.3) is 5.91 Å². The predicted molar refractivity (Wildman–Crippen MR) is 93.8 cm³/mol. The Labute approximate surface area is 158 Å². The van der Waals surface area contributed by atoms with Crippen molar-refractivity contribution in [1.82, 2.24) is 10.0 Å². The van der Waals surface area contributed by atoms with Crippen molar-refractivity contribution in [3.8, 4) is 0 Å². The second-order valence-electron chi connectivity index (χ2n) is 5.71. The van der Waals surface area contributed by atoms with E-state index in [-0.39, 0.29) is 17.9 Å². The maximum absolute atomic E-state index is 12.3.